The Morgan fingerprint density at radius 3 is 2.92 bits per heavy atom. The highest BCUT2D eigenvalue weighted by Crippen LogP contribution is 2.81. The van der Waals surface area contributed by atoms with Crippen LogP contribution < -0.4 is 9.64 Å². The number of hydrogen-bond donors (Lipinski definition) is 0. The number of carbonyl (C=O) groups is 1. The van der Waals surface area contributed by atoms with Crippen LogP contribution in [-0.4, -0.2) is 49.4 Å². The lowest BCUT2D eigenvalue weighted by Crippen LogP contribution is -2.54. The van der Waals surface area contributed by atoms with Crippen LogP contribution in [0.15, 0.2) is 30.4 Å². The van der Waals surface area contributed by atoms with Crippen LogP contribution in [0.25, 0.3) is 0 Å². The van der Waals surface area contributed by atoms with Gasteiger partial charge in [-0.25, -0.2) is 4.79 Å². The van der Waals surface area contributed by atoms with Gasteiger partial charge in [0, 0.05) is 24.0 Å². The minimum absolute atomic E-state index is 0.0622. The minimum Gasteiger partial charge on any atom is -0.497 e. The zero-order chi connectivity index (χ0) is 17.7. The molecule has 2 aliphatic carbocycles. The average Bonchev–Trinajstić information content (AvgIpc) is 2.97. The summed E-state index contributed by atoms with van der Waals surface area (Å²) < 4.78 is 10.8. The van der Waals surface area contributed by atoms with E-state index in [1.807, 2.05) is 17.0 Å². The highest BCUT2D eigenvalue weighted by atomic mass is 16.5. The molecule has 136 valence electrons. The topological polar surface area (TPSA) is 42.0 Å². The van der Waals surface area contributed by atoms with Crippen molar-refractivity contribution in [1.82, 2.24) is 4.90 Å². The Morgan fingerprint density at radius 2 is 2.12 bits per heavy atom. The van der Waals surface area contributed by atoms with Gasteiger partial charge in [0.1, 0.15) is 5.75 Å². The summed E-state index contributed by atoms with van der Waals surface area (Å²) in [5.41, 5.74) is 2.51. The van der Waals surface area contributed by atoms with Gasteiger partial charge in [-0.05, 0) is 55.4 Å². The van der Waals surface area contributed by atoms with Crippen LogP contribution in [0.2, 0.25) is 0 Å². The highest BCUT2D eigenvalue weighted by molar-refractivity contribution is 5.97. The summed E-state index contributed by atoms with van der Waals surface area (Å²) in [4.78, 5) is 17.5. The molecular weight excluding hydrogens is 328 g/mol. The van der Waals surface area contributed by atoms with Crippen LogP contribution in [0.4, 0.5) is 10.5 Å². The lowest BCUT2D eigenvalue weighted by molar-refractivity contribution is 0.104. The third kappa shape index (κ3) is 1.34. The first-order valence-electron chi connectivity index (χ1n) is 9.62. The summed E-state index contributed by atoms with van der Waals surface area (Å²) in [7, 11) is 3.21. The van der Waals surface area contributed by atoms with Gasteiger partial charge < -0.3 is 9.47 Å². The van der Waals surface area contributed by atoms with Crippen LogP contribution in [0.1, 0.15) is 31.2 Å². The van der Waals surface area contributed by atoms with E-state index in [4.69, 9.17) is 9.47 Å². The van der Waals surface area contributed by atoms with Gasteiger partial charge in [0.2, 0.25) is 0 Å². The molecule has 5 nitrogen and oxygen atoms in total. The van der Waals surface area contributed by atoms with Crippen LogP contribution in [-0.2, 0) is 10.2 Å². The number of carbonyl (C=O) groups excluding carboxylic acids is 1. The second kappa shape index (κ2) is 4.45. The molecule has 1 aromatic rings. The highest BCUT2D eigenvalue weighted by Gasteiger charge is 2.86. The molecule has 0 radical (unpaired) electrons. The second-order valence-electron chi connectivity index (χ2n) is 8.54. The van der Waals surface area contributed by atoms with Crippen molar-refractivity contribution in [2.45, 2.75) is 42.2 Å². The second-order valence-corrected chi connectivity index (χ2v) is 8.54. The molecule has 0 aromatic heterocycles. The summed E-state index contributed by atoms with van der Waals surface area (Å²) in [6, 6.07) is 6.19. The summed E-state index contributed by atoms with van der Waals surface area (Å²) in [6.45, 7) is 2.17. The Labute approximate surface area is 153 Å². The van der Waals surface area contributed by atoms with Gasteiger partial charge in [-0.1, -0.05) is 12.2 Å². The molecule has 26 heavy (non-hydrogen) atoms. The monoisotopic (exact) mass is 352 g/mol. The standard InChI is InChI=1S/C21H24N2O3/c1-25-14-4-5-16-15(12-14)20-9-11-22-10-3-6-19(22)7-8-21(20,17(20)13-19)23(16)18(24)26-2/h3-6,12,17H,7-11,13H2,1-2H3/t17-,19?,20-,21+/m0/s1. The van der Waals surface area contributed by atoms with E-state index in [-0.39, 0.29) is 22.6 Å². The lowest BCUT2D eigenvalue weighted by atomic mass is 9.78. The maximum atomic E-state index is 12.8. The fourth-order valence-corrected chi connectivity index (χ4v) is 7.20. The van der Waals surface area contributed by atoms with Gasteiger partial charge in [0.15, 0.2) is 0 Å². The molecule has 1 saturated heterocycles. The number of nitrogens with zero attached hydrogens (tertiary/aromatic N) is 2. The van der Waals surface area contributed by atoms with Crippen molar-refractivity contribution < 1.29 is 14.3 Å². The summed E-state index contributed by atoms with van der Waals surface area (Å²) >= 11 is 0. The number of rotatable bonds is 1. The third-order valence-electron chi connectivity index (χ3n) is 8.20. The minimum atomic E-state index is -0.212. The number of fused-ring (bicyclic) bond motifs is 1. The molecule has 1 amide bonds. The van der Waals surface area contributed by atoms with E-state index in [0.717, 1.165) is 50.2 Å². The van der Waals surface area contributed by atoms with E-state index in [9.17, 15) is 4.79 Å². The van der Waals surface area contributed by atoms with E-state index >= 15 is 0 Å². The molecule has 1 unspecified atom stereocenters. The molecular formula is C21H24N2O3. The van der Waals surface area contributed by atoms with Gasteiger partial charge in [-0.2, -0.15) is 0 Å². The number of ether oxygens (including phenoxy) is 2. The van der Waals surface area contributed by atoms with Crippen LogP contribution in [0.3, 0.4) is 0 Å². The van der Waals surface area contributed by atoms with E-state index in [2.05, 4.69) is 23.1 Å². The Hall–Kier alpha value is -2.01. The molecule has 2 bridgehead atoms. The van der Waals surface area contributed by atoms with Crippen molar-refractivity contribution in [1.29, 1.82) is 0 Å². The quantitative estimate of drug-likeness (QED) is 0.729. The van der Waals surface area contributed by atoms with E-state index in [1.54, 1.807) is 7.11 Å². The molecule has 5 aliphatic rings. The van der Waals surface area contributed by atoms with Gasteiger partial charge in [-0.15, -0.1) is 0 Å². The van der Waals surface area contributed by atoms with Crippen molar-refractivity contribution in [2.75, 3.05) is 32.2 Å². The first-order valence-corrected chi connectivity index (χ1v) is 9.62. The van der Waals surface area contributed by atoms with Crippen LogP contribution in [0, 0.1) is 5.92 Å². The van der Waals surface area contributed by atoms with E-state index in [1.165, 1.54) is 12.7 Å². The molecule has 3 spiro atoms. The van der Waals surface area contributed by atoms with Gasteiger partial charge in [0.25, 0.3) is 0 Å². The Morgan fingerprint density at radius 1 is 1.23 bits per heavy atom. The number of amides is 1. The maximum Gasteiger partial charge on any atom is 0.414 e. The predicted octanol–water partition coefficient (Wildman–Crippen LogP) is 3.09. The summed E-state index contributed by atoms with van der Waals surface area (Å²) in [5, 5.41) is 0. The van der Waals surface area contributed by atoms with Crippen molar-refractivity contribution >= 4 is 11.8 Å². The fourth-order valence-electron chi connectivity index (χ4n) is 7.20. The molecule has 5 heteroatoms. The lowest BCUT2D eigenvalue weighted by Gasteiger charge is -2.45. The molecule has 3 heterocycles. The Balaban J connectivity index is 1.57. The molecule has 2 saturated carbocycles. The van der Waals surface area contributed by atoms with Gasteiger partial charge >= 0.3 is 6.09 Å². The SMILES string of the molecule is COC(=O)N1c2ccc(OC)cc2[C@]23CCN4CC=CC45CC[C@]12[C@H]3C5. The van der Waals surface area contributed by atoms with Crippen molar-refractivity contribution in [2.24, 2.45) is 5.92 Å². The first-order chi connectivity index (χ1) is 12.6. The molecule has 6 rings (SSSR count). The predicted molar refractivity (Wildman–Crippen MR) is 97.7 cm³/mol. The Bertz CT molecular complexity index is 867. The Kier molecular flexibility index (Phi) is 2.58. The fraction of sp³-hybridized carbons (Fsp3) is 0.571. The number of anilines is 1. The molecule has 0 N–H and O–H groups in total. The normalized spacial score (nSPS) is 41.2. The van der Waals surface area contributed by atoms with Crippen molar-refractivity contribution in [3.8, 4) is 5.75 Å². The smallest absolute Gasteiger partial charge is 0.414 e. The largest absolute Gasteiger partial charge is 0.497 e. The zero-order valence-electron chi connectivity index (χ0n) is 15.3. The first kappa shape index (κ1) is 15.1. The van der Waals surface area contributed by atoms with Crippen LogP contribution in [0.5, 0.6) is 5.75 Å². The molecule has 4 atom stereocenters. The number of methoxy groups -OCH3 is 2. The average molecular weight is 352 g/mol. The number of benzene rings is 1. The van der Waals surface area contributed by atoms with E-state index in [0.29, 0.717) is 5.92 Å². The van der Waals surface area contributed by atoms with Crippen molar-refractivity contribution in [3.05, 3.63) is 35.9 Å². The van der Waals surface area contributed by atoms with Crippen molar-refractivity contribution in [3.63, 3.8) is 0 Å². The van der Waals surface area contributed by atoms with Crippen LogP contribution >= 0.6 is 0 Å². The third-order valence-corrected chi connectivity index (χ3v) is 8.20. The summed E-state index contributed by atoms with van der Waals surface area (Å²) in [6.07, 6.45) is 8.99. The van der Waals surface area contributed by atoms with Gasteiger partial charge in [0.05, 0.1) is 25.4 Å². The van der Waals surface area contributed by atoms with E-state index < -0.39 is 0 Å². The molecule has 3 aliphatic heterocycles. The zero-order valence-corrected chi connectivity index (χ0v) is 15.3. The number of hydrogen-bond acceptors (Lipinski definition) is 4. The summed E-state index contributed by atoms with van der Waals surface area (Å²) in [5.74, 6) is 1.39. The molecule has 3 fully saturated rings. The maximum absolute atomic E-state index is 12.8. The molecule has 1 aromatic carbocycles. The van der Waals surface area contributed by atoms with Gasteiger partial charge in [-0.3, -0.25) is 9.80 Å².